The number of ether oxygens (including phenoxy) is 1. The normalized spacial score (nSPS) is 17.0. The number of benzene rings is 1. The zero-order valence-corrected chi connectivity index (χ0v) is 19.0. The van der Waals surface area contributed by atoms with Crippen LogP contribution in [0.4, 0.5) is 5.69 Å². The summed E-state index contributed by atoms with van der Waals surface area (Å²) >= 11 is 0. The molecule has 8 nitrogen and oxygen atoms in total. The maximum atomic E-state index is 5.35. The zero-order chi connectivity index (χ0) is 19.1. The van der Waals surface area contributed by atoms with Crippen LogP contribution in [0.3, 0.4) is 0 Å². The number of aliphatic imine (C=N–C) groups is 1. The third kappa shape index (κ3) is 6.25. The monoisotopic (exact) mass is 500 g/mol. The van der Waals surface area contributed by atoms with Gasteiger partial charge in [0.25, 0.3) is 0 Å². The number of halogens is 1. The highest BCUT2D eigenvalue weighted by Gasteiger charge is 2.21. The van der Waals surface area contributed by atoms with Crippen molar-refractivity contribution in [2.75, 3.05) is 31.6 Å². The van der Waals surface area contributed by atoms with Crippen molar-refractivity contribution in [2.24, 2.45) is 4.99 Å². The van der Waals surface area contributed by atoms with E-state index in [2.05, 4.69) is 49.7 Å². The van der Waals surface area contributed by atoms with Crippen LogP contribution in [-0.4, -0.2) is 48.9 Å². The van der Waals surface area contributed by atoms with E-state index >= 15 is 0 Å². The number of aryl methyl sites for hydroxylation is 1. The second kappa shape index (κ2) is 11.1. The summed E-state index contributed by atoms with van der Waals surface area (Å²) in [7, 11) is 1.70. The minimum atomic E-state index is 0. The Balaban J connectivity index is 0.00000280. The molecule has 1 unspecified atom stereocenters. The lowest BCUT2D eigenvalue weighted by Crippen LogP contribution is -2.51. The molecule has 0 radical (unpaired) electrons. The number of nitrogens with one attached hydrogen (secondary N) is 2. The molecule has 28 heavy (non-hydrogen) atoms. The van der Waals surface area contributed by atoms with Crippen LogP contribution in [0.1, 0.15) is 31.5 Å². The largest absolute Gasteiger partial charge is 0.497 e. The van der Waals surface area contributed by atoms with Gasteiger partial charge < -0.3 is 24.8 Å². The summed E-state index contributed by atoms with van der Waals surface area (Å²) in [4.78, 5) is 11.2. The van der Waals surface area contributed by atoms with E-state index in [1.807, 2.05) is 12.1 Å². The molecule has 0 spiro atoms. The number of nitrogens with zero attached hydrogens (tertiary/aromatic N) is 4. The van der Waals surface area contributed by atoms with Crippen molar-refractivity contribution >= 4 is 35.6 Å². The second-order valence-corrected chi connectivity index (χ2v) is 6.56. The minimum absolute atomic E-state index is 0. The lowest BCUT2D eigenvalue weighted by Gasteiger charge is -2.35. The van der Waals surface area contributed by atoms with Crippen molar-refractivity contribution in [3.63, 3.8) is 0 Å². The highest BCUT2D eigenvalue weighted by Crippen LogP contribution is 2.24. The number of hydrogen-bond donors (Lipinski definition) is 2. The first-order valence-corrected chi connectivity index (χ1v) is 9.41. The Morgan fingerprint density at radius 2 is 2.29 bits per heavy atom. The third-order valence-electron chi connectivity index (χ3n) is 4.47. The Hall–Kier alpha value is -2.04. The number of hydrogen-bond acceptors (Lipinski definition) is 6. The molecule has 1 saturated heterocycles. The van der Waals surface area contributed by atoms with Crippen LogP contribution < -0.4 is 20.3 Å². The van der Waals surface area contributed by atoms with Crippen molar-refractivity contribution in [3.8, 4) is 5.75 Å². The van der Waals surface area contributed by atoms with Gasteiger partial charge in [0, 0.05) is 44.4 Å². The number of piperidine rings is 1. The molecule has 1 aromatic heterocycles. The molecule has 0 bridgehead atoms. The third-order valence-corrected chi connectivity index (χ3v) is 4.47. The smallest absolute Gasteiger partial charge is 0.223 e. The molecule has 3 rings (SSSR count). The highest BCUT2D eigenvalue weighted by molar-refractivity contribution is 14.0. The molecule has 2 aromatic rings. The van der Waals surface area contributed by atoms with E-state index < -0.39 is 0 Å². The topological polar surface area (TPSA) is 87.8 Å². The molecule has 1 aliphatic heterocycles. The quantitative estimate of drug-likeness (QED) is 0.358. The first kappa shape index (κ1) is 22.3. The molecular formula is C19H29IN6O2. The van der Waals surface area contributed by atoms with Gasteiger partial charge in [0.15, 0.2) is 11.8 Å². The van der Waals surface area contributed by atoms with Crippen molar-refractivity contribution in [1.82, 2.24) is 20.8 Å². The summed E-state index contributed by atoms with van der Waals surface area (Å²) in [5.41, 5.74) is 1.19. The zero-order valence-electron chi connectivity index (χ0n) is 16.6. The Labute approximate surface area is 183 Å². The molecular weight excluding hydrogens is 471 g/mol. The molecule has 9 heteroatoms. The Kier molecular flexibility index (Phi) is 8.81. The van der Waals surface area contributed by atoms with Gasteiger partial charge in [-0.3, -0.25) is 0 Å². The number of rotatable bonds is 6. The molecule has 0 amide bonds. The van der Waals surface area contributed by atoms with Gasteiger partial charge in [-0.1, -0.05) is 11.2 Å². The Morgan fingerprint density at radius 3 is 3.00 bits per heavy atom. The van der Waals surface area contributed by atoms with Gasteiger partial charge in [-0.15, -0.1) is 24.0 Å². The lowest BCUT2D eigenvalue weighted by molar-refractivity contribution is 0.387. The molecule has 0 saturated carbocycles. The summed E-state index contributed by atoms with van der Waals surface area (Å²) in [6.45, 7) is 6.97. The molecule has 1 aliphatic rings. The minimum Gasteiger partial charge on any atom is -0.497 e. The van der Waals surface area contributed by atoms with E-state index in [-0.39, 0.29) is 24.0 Å². The average molecular weight is 500 g/mol. The van der Waals surface area contributed by atoms with E-state index in [9.17, 15) is 0 Å². The highest BCUT2D eigenvalue weighted by atomic mass is 127. The van der Waals surface area contributed by atoms with E-state index in [1.54, 1.807) is 14.0 Å². The fourth-order valence-corrected chi connectivity index (χ4v) is 3.21. The van der Waals surface area contributed by atoms with E-state index in [0.29, 0.717) is 24.3 Å². The first-order valence-electron chi connectivity index (χ1n) is 9.41. The van der Waals surface area contributed by atoms with Crippen LogP contribution >= 0.6 is 24.0 Å². The summed E-state index contributed by atoms with van der Waals surface area (Å²) in [5.74, 6) is 2.80. The van der Waals surface area contributed by atoms with Crippen LogP contribution in [0.15, 0.2) is 33.8 Å². The summed E-state index contributed by atoms with van der Waals surface area (Å²) in [6.07, 6.45) is 2.23. The van der Waals surface area contributed by atoms with Gasteiger partial charge in [-0.25, -0.2) is 4.99 Å². The first-order chi connectivity index (χ1) is 13.2. The van der Waals surface area contributed by atoms with Crippen LogP contribution in [-0.2, 0) is 6.54 Å². The number of anilines is 1. The van der Waals surface area contributed by atoms with Crippen molar-refractivity contribution in [2.45, 2.75) is 39.3 Å². The van der Waals surface area contributed by atoms with E-state index in [1.165, 1.54) is 5.69 Å². The molecule has 1 atom stereocenters. The molecule has 0 aliphatic carbocycles. The fraction of sp³-hybridized carbons (Fsp3) is 0.526. The Bertz CT molecular complexity index is 766. The molecule has 154 valence electrons. The van der Waals surface area contributed by atoms with Crippen molar-refractivity contribution in [3.05, 3.63) is 36.0 Å². The van der Waals surface area contributed by atoms with Gasteiger partial charge >= 0.3 is 0 Å². The number of aromatic nitrogens is 2. The molecule has 2 heterocycles. The standard InChI is InChI=1S/C19H28N6O2.HI/c1-4-20-19(21-12-18-22-14(2)27-24-18)23-15-7-6-10-25(13-15)16-8-5-9-17(11-16)26-3;/h5,8-9,11,15H,4,6-7,10,12-13H2,1-3H3,(H2,20,21,23);1H. The van der Waals surface area contributed by atoms with E-state index in [0.717, 1.165) is 44.2 Å². The number of methoxy groups -OCH3 is 1. The lowest BCUT2D eigenvalue weighted by atomic mass is 10.0. The maximum absolute atomic E-state index is 5.35. The van der Waals surface area contributed by atoms with Gasteiger partial charge in [-0.05, 0) is 31.9 Å². The summed E-state index contributed by atoms with van der Waals surface area (Å²) in [5, 5.41) is 10.7. The average Bonchev–Trinajstić information content (AvgIpc) is 3.12. The van der Waals surface area contributed by atoms with Crippen LogP contribution in [0.2, 0.25) is 0 Å². The van der Waals surface area contributed by atoms with Crippen LogP contribution in [0.5, 0.6) is 5.75 Å². The maximum Gasteiger partial charge on any atom is 0.223 e. The van der Waals surface area contributed by atoms with Gasteiger partial charge in [0.05, 0.1) is 7.11 Å². The van der Waals surface area contributed by atoms with Gasteiger partial charge in [0.1, 0.15) is 12.3 Å². The van der Waals surface area contributed by atoms with Crippen LogP contribution in [0.25, 0.3) is 0 Å². The van der Waals surface area contributed by atoms with Crippen molar-refractivity contribution in [1.29, 1.82) is 0 Å². The van der Waals surface area contributed by atoms with Crippen LogP contribution in [0, 0.1) is 6.92 Å². The summed E-state index contributed by atoms with van der Waals surface area (Å²) < 4.78 is 10.4. The Morgan fingerprint density at radius 1 is 1.43 bits per heavy atom. The van der Waals surface area contributed by atoms with E-state index in [4.69, 9.17) is 9.26 Å². The molecule has 1 aromatic carbocycles. The fourth-order valence-electron chi connectivity index (χ4n) is 3.21. The summed E-state index contributed by atoms with van der Waals surface area (Å²) in [6, 6.07) is 8.53. The molecule has 1 fully saturated rings. The van der Waals surface area contributed by atoms with Gasteiger partial charge in [0.2, 0.25) is 5.89 Å². The van der Waals surface area contributed by atoms with Gasteiger partial charge in [-0.2, -0.15) is 4.98 Å². The second-order valence-electron chi connectivity index (χ2n) is 6.56. The number of guanidine groups is 1. The molecule has 2 N–H and O–H groups in total. The van der Waals surface area contributed by atoms with Crippen molar-refractivity contribution < 1.29 is 9.26 Å². The SMILES string of the molecule is CCNC(=NCc1noc(C)n1)NC1CCCN(c2cccc(OC)c2)C1.I. The predicted octanol–water partition coefficient (Wildman–Crippen LogP) is 2.73. The predicted molar refractivity (Wildman–Crippen MR) is 121 cm³/mol.